The number of H-pyrrole nitrogens is 1. The summed E-state index contributed by atoms with van der Waals surface area (Å²) in [5.74, 6) is -0.823. The van der Waals surface area contributed by atoms with Crippen LogP contribution in [0.4, 0.5) is 4.39 Å². The summed E-state index contributed by atoms with van der Waals surface area (Å²) in [6.07, 6.45) is 1.57. The highest BCUT2D eigenvalue weighted by Crippen LogP contribution is 2.41. The first-order valence-corrected chi connectivity index (χ1v) is 12.8. The monoisotopic (exact) mass is 554 g/mol. The molecule has 4 aromatic rings. The number of nitrogens with one attached hydrogen (secondary N) is 2. The molecule has 2 heterocycles. The van der Waals surface area contributed by atoms with Crippen molar-refractivity contribution in [2.24, 2.45) is 0 Å². The summed E-state index contributed by atoms with van der Waals surface area (Å²) in [6.45, 7) is 0.601. The van der Waals surface area contributed by atoms with Gasteiger partial charge in [0.05, 0.1) is 5.60 Å². The van der Waals surface area contributed by atoms with Crippen LogP contribution < -0.4 is 10.9 Å². The first-order chi connectivity index (χ1) is 16.8. The van der Waals surface area contributed by atoms with E-state index in [1.54, 1.807) is 24.3 Å². The molecule has 35 heavy (non-hydrogen) atoms. The van der Waals surface area contributed by atoms with Crippen LogP contribution in [-0.4, -0.2) is 28.3 Å². The van der Waals surface area contributed by atoms with Gasteiger partial charge in [-0.1, -0.05) is 51.8 Å². The fourth-order valence-corrected chi connectivity index (χ4v) is 5.75. The third-order valence-corrected chi connectivity index (χ3v) is 7.62. The lowest BCUT2D eigenvalue weighted by Gasteiger charge is -2.43. The molecule has 0 saturated carbocycles. The van der Waals surface area contributed by atoms with Gasteiger partial charge in [0.1, 0.15) is 5.82 Å². The molecule has 1 fully saturated rings. The van der Waals surface area contributed by atoms with E-state index in [4.69, 9.17) is 11.6 Å². The predicted octanol–water partition coefficient (Wildman–Crippen LogP) is 5.94. The molecule has 1 aliphatic heterocycles. The average Bonchev–Trinajstić information content (AvgIpc) is 2.82. The van der Waals surface area contributed by atoms with E-state index in [0.717, 1.165) is 26.5 Å². The Balaban J connectivity index is 1.57. The summed E-state index contributed by atoms with van der Waals surface area (Å²) in [6, 6.07) is 21.3. The maximum absolute atomic E-state index is 13.4. The van der Waals surface area contributed by atoms with Gasteiger partial charge in [-0.05, 0) is 90.9 Å². The fourth-order valence-electron chi connectivity index (χ4n) is 5.25. The smallest absolute Gasteiger partial charge is 0.252 e. The number of fused-ring (bicyclic) bond motifs is 1. The highest BCUT2D eigenvalue weighted by molar-refractivity contribution is 9.10. The van der Waals surface area contributed by atoms with Crippen molar-refractivity contribution < 1.29 is 9.50 Å². The zero-order valence-corrected chi connectivity index (χ0v) is 21.2. The van der Waals surface area contributed by atoms with Crippen molar-refractivity contribution in [3.63, 3.8) is 0 Å². The van der Waals surface area contributed by atoms with Gasteiger partial charge in [0.15, 0.2) is 0 Å². The minimum absolute atomic E-state index is 0.0253. The molecule has 3 unspecified atom stereocenters. The van der Waals surface area contributed by atoms with Gasteiger partial charge in [-0.3, -0.25) is 4.79 Å². The lowest BCUT2D eigenvalue weighted by Crippen LogP contribution is -2.52. The van der Waals surface area contributed by atoms with E-state index in [9.17, 15) is 14.3 Å². The Bertz CT molecular complexity index is 1410. The van der Waals surface area contributed by atoms with Crippen LogP contribution in [0.2, 0.25) is 5.02 Å². The van der Waals surface area contributed by atoms with Crippen molar-refractivity contribution >= 4 is 38.4 Å². The molecule has 0 bridgehead atoms. The Hall–Kier alpha value is -2.51. The zero-order valence-electron chi connectivity index (χ0n) is 18.9. The number of hydrogen-bond acceptors (Lipinski definition) is 3. The molecule has 3 atom stereocenters. The molecule has 3 N–H and O–H groups in total. The van der Waals surface area contributed by atoms with Crippen LogP contribution in [0.25, 0.3) is 10.9 Å². The molecule has 0 spiro atoms. The zero-order chi connectivity index (χ0) is 24.6. The second kappa shape index (κ2) is 9.86. The van der Waals surface area contributed by atoms with Crippen molar-refractivity contribution in [3.05, 3.63) is 115 Å². The van der Waals surface area contributed by atoms with Crippen LogP contribution in [0.1, 0.15) is 35.4 Å². The van der Waals surface area contributed by atoms with Gasteiger partial charge in [0.2, 0.25) is 0 Å². The minimum Gasteiger partial charge on any atom is -0.389 e. The van der Waals surface area contributed by atoms with Crippen LogP contribution in [-0.2, 0) is 6.42 Å². The Morgan fingerprint density at radius 3 is 2.57 bits per heavy atom. The summed E-state index contributed by atoms with van der Waals surface area (Å²) in [5.41, 5.74) is 1.69. The Kier molecular flexibility index (Phi) is 6.82. The van der Waals surface area contributed by atoms with Crippen molar-refractivity contribution in [1.29, 1.82) is 0 Å². The molecular weight excluding hydrogens is 531 g/mol. The molecule has 0 aliphatic carbocycles. The molecule has 4 nitrogen and oxygen atoms in total. The number of rotatable bonds is 5. The van der Waals surface area contributed by atoms with Gasteiger partial charge in [0, 0.05) is 32.5 Å². The SMILES string of the molecule is O=c1[nH]c2ccc(Br)cc2cc1C(c1ccc(Cl)cc1)C1(O)CCNC(Cc2ccc(F)cc2)C1. The minimum atomic E-state index is -1.17. The standard InChI is InChI=1S/C28H25BrClFN2O2/c29-20-5-10-25-19(14-20)15-24(27(34)33-25)26(18-3-6-21(30)7-4-18)28(35)11-12-32-23(16-28)13-17-1-8-22(31)9-2-17/h1-10,14-15,23,26,32,35H,11-13,16H2,(H,33,34). The van der Waals surface area contributed by atoms with Gasteiger partial charge in [-0.15, -0.1) is 0 Å². The molecular formula is C28H25BrClFN2O2. The molecule has 180 valence electrons. The predicted molar refractivity (Wildman–Crippen MR) is 142 cm³/mol. The molecule has 1 saturated heterocycles. The molecule has 0 radical (unpaired) electrons. The summed E-state index contributed by atoms with van der Waals surface area (Å²) in [4.78, 5) is 16.3. The van der Waals surface area contributed by atoms with E-state index in [0.29, 0.717) is 36.4 Å². The van der Waals surface area contributed by atoms with Crippen LogP contribution in [0.5, 0.6) is 0 Å². The van der Waals surface area contributed by atoms with Crippen LogP contribution in [0.15, 0.2) is 82.1 Å². The second-order valence-electron chi connectivity index (χ2n) is 9.31. The number of aliphatic hydroxyl groups is 1. The summed E-state index contributed by atoms with van der Waals surface area (Å²) < 4.78 is 14.3. The van der Waals surface area contributed by atoms with E-state index < -0.39 is 11.5 Å². The van der Waals surface area contributed by atoms with Crippen LogP contribution in [0.3, 0.4) is 0 Å². The molecule has 0 amide bonds. The lowest BCUT2D eigenvalue weighted by atomic mass is 9.70. The van der Waals surface area contributed by atoms with E-state index in [2.05, 4.69) is 26.2 Å². The Labute approximate surface area is 216 Å². The number of pyridine rings is 1. The molecule has 1 aromatic heterocycles. The van der Waals surface area contributed by atoms with Gasteiger partial charge in [-0.25, -0.2) is 4.39 Å². The van der Waals surface area contributed by atoms with Gasteiger partial charge in [-0.2, -0.15) is 0 Å². The first kappa shape index (κ1) is 24.2. The molecule has 5 rings (SSSR count). The van der Waals surface area contributed by atoms with Crippen LogP contribution in [0, 0.1) is 5.82 Å². The van der Waals surface area contributed by atoms with Crippen molar-refractivity contribution in [2.75, 3.05) is 6.54 Å². The number of benzene rings is 3. The Morgan fingerprint density at radius 1 is 1.09 bits per heavy atom. The third kappa shape index (κ3) is 5.21. The molecule has 3 aromatic carbocycles. The first-order valence-electron chi connectivity index (χ1n) is 11.6. The molecule has 7 heteroatoms. The highest BCUT2D eigenvalue weighted by Gasteiger charge is 2.43. The number of aromatic amines is 1. The topological polar surface area (TPSA) is 65.1 Å². The third-order valence-electron chi connectivity index (χ3n) is 6.87. The maximum atomic E-state index is 13.4. The number of piperidine rings is 1. The van der Waals surface area contributed by atoms with E-state index >= 15 is 0 Å². The fraction of sp³-hybridized carbons (Fsp3) is 0.250. The van der Waals surface area contributed by atoms with Crippen molar-refractivity contribution in [2.45, 2.75) is 36.8 Å². The summed E-state index contributed by atoms with van der Waals surface area (Å²) >= 11 is 9.67. The average molecular weight is 556 g/mol. The van der Waals surface area contributed by atoms with E-state index in [-0.39, 0.29) is 17.4 Å². The van der Waals surface area contributed by atoms with Crippen molar-refractivity contribution in [1.82, 2.24) is 10.3 Å². The largest absolute Gasteiger partial charge is 0.389 e. The number of aromatic nitrogens is 1. The number of halogens is 3. The van der Waals surface area contributed by atoms with E-state index in [1.807, 2.05) is 36.4 Å². The van der Waals surface area contributed by atoms with Gasteiger partial charge < -0.3 is 15.4 Å². The maximum Gasteiger partial charge on any atom is 0.252 e. The van der Waals surface area contributed by atoms with E-state index in [1.165, 1.54) is 12.1 Å². The Morgan fingerprint density at radius 2 is 1.83 bits per heavy atom. The molecule has 1 aliphatic rings. The lowest BCUT2D eigenvalue weighted by molar-refractivity contribution is -0.0188. The van der Waals surface area contributed by atoms with Crippen molar-refractivity contribution in [3.8, 4) is 0 Å². The quantitative estimate of drug-likeness (QED) is 0.286. The summed E-state index contributed by atoms with van der Waals surface area (Å²) in [5, 5.41) is 17.1. The van der Waals surface area contributed by atoms with Crippen LogP contribution >= 0.6 is 27.5 Å². The van der Waals surface area contributed by atoms with Gasteiger partial charge >= 0.3 is 0 Å². The summed E-state index contributed by atoms with van der Waals surface area (Å²) in [7, 11) is 0. The van der Waals surface area contributed by atoms with Gasteiger partial charge in [0.25, 0.3) is 5.56 Å². The normalized spacial score (nSPS) is 21.2. The number of hydrogen-bond donors (Lipinski definition) is 3. The second-order valence-corrected chi connectivity index (χ2v) is 10.7. The highest BCUT2D eigenvalue weighted by atomic mass is 79.9.